The van der Waals surface area contributed by atoms with Gasteiger partial charge in [-0.1, -0.05) is 32.0 Å². The van der Waals surface area contributed by atoms with Crippen LogP contribution in [0, 0.1) is 0 Å². The zero-order valence-corrected chi connectivity index (χ0v) is 9.62. The molecule has 0 unspecified atom stereocenters. The number of ether oxygens (including phenoxy) is 2. The molecular weight excluding hydrogens is 188 g/mol. The molecule has 0 N–H and O–H groups in total. The monoisotopic (exact) mass is 206 g/mol. The molecule has 0 aromatic heterocycles. The van der Waals surface area contributed by atoms with Crippen LogP contribution in [-0.4, -0.2) is 5.79 Å². The highest BCUT2D eigenvalue weighted by Gasteiger charge is 2.37. The van der Waals surface area contributed by atoms with Crippen LogP contribution in [0.1, 0.15) is 45.3 Å². The highest BCUT2D eigenvalue weighted by molar-refractivity contribution is 5.36. The summed E-state index contributed by atoms with van der Waals surface area (Å²) in [6.07, 6.45) is 1.87. The lowest BCUT2D eigenvalue weighted by Gasteiger charge is -2.40. The maximum Gasteiger partial charge on any atom is 0.210 e. The van der Waals surface area contributed by atoms with E-state index in [1.54, 1.807) is 0 Å². The minimum Gasteiger partial charge on any atom is -0.462 e. The second-order valence-corrected chi connectivity index (χ2v) is 4.02. The Bertz CT molecular complexity index is 342. The van der Waals surface area contributed by atoms with Gasteiger partial charge in [0.2, 0.25) is 5.79 Å². The van der Waals surface area contributed by atoms with Gasteiger partial charge in [0, 0.05) is 18.4 Å². The highest BCUT2D eigenvalue weighted by atomic mass is 16.7. The number of benzene rings is 1. The maximum atomic E-state index is 5.98. The molecular formula is C13H18O2. The molecule has 1 aromatic carbocycles. The van der Waals surface area contributed by atoms with Gasteiger partial charge in [0.05, 0.1) is 6.10 Å². The molecule has 15 heavy (non-hydrogen) atoms. The van der Waals surface area contributed by atoms with E-state index in [4.69, 9.17) is 9.47 Å². The Kier molecular flexibility index (Phi) is 2.70. The van der Waals surface area contributed by atoms with Crippen LogP contribution >= 0.6 is 0 Å². The Balaban J connectivity index is 2.37. The van der Waals surface area contributed by atoms with E-state index in [1.807, 2.05) is 18.2 Å². The van der Waals surface area contributed by atoms with Crippen LogP contribution in [0.5, 0.6) is 5.75 Å². The second-order valence-electron chi connectivity index (χ2n) is 4.02. The van der Waals surface area contributed by atoms with Crippen LogP contribution in [0.25, 0.3) is 0 Å². The van der Waals surface area contributed by atoms with Crippen molar-refractivity contribution in [2.45, 2.75) is 45.5 Å². The molecule has 1 aliphatic rings. The van der Waals surface area contributed by atoms with Gasteiger partial charge in [0.25, 0.3) is 0 Å². The Labute approximate surface area is 91.2 Å². The quantitative estimate of drug-likeness (QED) is 0.735. The third kappa shape index (κ3) is 1.74. The first-order valence-corrected chi connectivity index (χ1v) is 5.66. The molecule has 2 heteroatoms. The van der Waals surface area contributed by atoms with Crippen molar-refractivity contribution in [2.75, 3.05) is 0 Å². The molecule has 0 bridgehead atoms. The molecule has 0 fully saturated rings. The molecule has 1 aromatic rings. The summed E-state index contributed by atoms with van der Waals surface area (Å²) in [6, 6.07) is 8.11. The van der Waals surface area contributed by atoms with Gasteiger partial charge < -0.3 is 9.47 Å². The van der Waals surface area contributed by atoms with E-state index in [9.17, 15) is 0 Å². The van der Waals surface area contributed by atoms with Crippen LogP contribution in [-0.2, 0) is 4.74 Å². The minimum absolute atomic E-state index is 0.120. The molecule has 82 valence electrons. The normalized spacial score (nSPS) is 23.0. The lowest BCUT2D eigenvalue weighted by atomic mass is 10.0. The number of hydrogen-bond acceptors (Lipinski definition) is 2. The lowest BCUT2D eigenvalue weighted by molar-refractivity contribution is -0.229. The fourth-order valence-corrected chi connectivity index (χ4v) is 2.08. The van der Waals surface area contributed by atoms with Crippen molar-refractivity contribution in [3.8, 4) is 5.75 Å². The van der Waals surface area contributed by atoms with Crippen molar-refractivity contribution in [1.29, 1.82) is 0 Å². The van der Waals surface area contributed by atoms with Crippen molar-refractivity contribution in [2.24, 2.45) is 0 Å². The summed E-state index contributed by atoms with van der Waals surface area (Å²) in [5, 5.41) is 0. The van der Waals surface area contributed by atoms with E-state index >= 15 is 0 Å². The van der Waals surface area contributed by atoms with Crippen molar-refractivity contribution < 1.29 is 9.47 Å². The van der Waals surface area contributed by atoms with Gasteiger partial charge in [-0.3, -0.25) is 0 Å². The van der Waals surface area contributed by atoms with Crippen molar-refractivity contribution in [3.63, 3.8) is 0 Å². The van der Waals surface area contributed by atoms with E-state index in [0.717, 1.165) is 24.2 Å². The van der Waals surface area contributed by atoms with Gasteiger partial charge in [0.15, 0.2) is 0 Å². The average Bonchev–Trinajstić information content (AvgIpc) is 2.29. The summed E-state index contributed by atoms with van der Waals surface area (Å²) < 4.78 is 11.9. The molecule has 0 radical (unpaired) electrons. The third-order valence-corrected chi connectivity index (χ3v) is 3.12. The van der Waals surface area contributed by atoms with Gasteiger partial charge in [-0.2, -0.15) is 0 Å². The van der Waals surface area contributed by atoms with E-state index in [0.29, 0.717) is 0 Å². The highest BCUT2D eigenvalue weighted by Crippen LogP contribution is 2.40. The molecule has 0 saturated carbocycles. The van der Waals surface area contributed by atoms with E-state index in [-0.39, 0.29) is 6.10 Å². The molecule has 0 saturated heterocycles. The Morgan fingerprint density at radius 2 is 1.87 bits per heavy atom. The summed E-state index contributed by atoms with van der Waals surface area (Å²) in [6.45, 7) is 6.29. The first-order chi connectivity index (χ1) is 7.21. The predicted octanol–water partition coefficient (Wildman–Crippen LogP) is 3.67. The fraction of sp³-hybridized carbons (Fsp3) is 0.538. The zero-order chi connectivity index (χ0) is 10.9. The first-order valence-electron chi connectivity index (χ1n) is 5.66. The summed E-state index contributed by atoms with van der Waals surface area (Å²) in [4.78, 5) is 0. The van der Waals surface area contributed by atoms with Crippen molar-refractivity contribution in [3.05, 3.63) is 29.8 Å². The van der Waals surface area contributed by atoms with Gasteiger partial charge in [-0.05, 0) is 13.0 Å². The standard InChI is InChI=1S/C13H18O2/c1-4-13(5-2)14-10(3)11-8-6-7-9-12(11)15-13/h6-10H,4-5H2,1-3H3/t10-/m0/s1. The summed E-state index contributed by atoms with van der Waals surface area (Å²) in [5.41, 5.74) is 1.15. The third-order valence-electron chi connectivity index (χ3n) is 3.12. The first kappa shape index (κ1) is 10.5. The smallest absolute Gasteiger partial charge is 0.210 e. The molecule has 1 atom stereocenters. The Morgan fingerprint density at radius 3 is 2.53 bits per heavy atom. The average molecular weight is 206 g/mol. The molecule has 2 nitrogen and oxygen atoms in total. The molecule has 0 aliphatic carbocycles. The number of para-hydroxylation sites is 1. The zero-order valence-electron chi connectivity index (χ0n) is 9.62. The number of hydrogen-bond donors (Lipinski definition) is 0. The summed E-state index contributed by atoms with van der Waals surface area (Å²) in [7, 11) is 0. The minimum atomic E-state index is -0.423. The second kappa shape index (κ2) is 3.86. The van der Waals surface area contributed by atoms with Crippen LogP contribution < -0.4 is 4.74 Å². The number of fused-ring (bicyclic) bond motifs is 1. The van der Waals surface area contributed by atoms with E-state index in [2.05, 4.69) is 26.8 Å². The van der Waals surface area contributed by atoms with Gasteiger partial charge >= 0.3 is 0 Å². The molecule has 2 rings (SSSR count). The molecule has 0 amide bonds. The van der Waals surface area contributed by atoms with E-state index in [1.165, 1.54) is 0 Å². The van der Waals surface area contributed by atoms with E-state index < -0.39 is 5.79 Å². The van der Waals surface area contributed by atoms with Crippen molar-refractivity contribution in [1.82, 2.24) is 0 Å². The van der Waals surface area contributed by atoms with Crippen LogP contribution in [0.15, 0.2) is 24.3 Å². The number of rotatable bonds is 2. The summed E-state index contributed by atoms with van der Waals surface area (Å²) in [5.74, 6) is 0.549. The SMILES string of the molecule is CCC1(CC)Oc2ccccc2[C@H](C)O1. The maximum absolute atomic E-state index is 5.98. The van der Waals surface area contributed by atoms with Gasteiger partial charge in [-0.15, -0.1) is 0 Å². The Morgan fingerprint density at radius 1 is 1.20 bits per heavy atom. The van der Waals surface area contributed by atoms with Crippen LogP contribution in [0.3, 0.4) is 0 Å². The summed E-state index contributed by atoms with van der Waals surface area (Å²) >= 11 is 0. The Hall–Kier alpha value is -1.02. The van der Waals surface area contributed by atoms with Crippen molar-refractivity contribution >= 4 is 0 Å². The fourth-order valence-electron chi connectivity index (χ4n) is 2.08. The largest absolute Gasteiger partial charge is 0.462 e. The molecule has 1 heterocycles. The van der Waals surface area contributed by atoms with Crippen LogP contribution in [0.2, 0.25) is 0 Å². The molecule has 0 spiro atoms. The van der Waals surface area contributed by atoms with Gasteiger partial charge in [-0.25, -0.2) is 0 Å². The lowest BCUT2D eigenvalue weighted by Crippen LogP contribution is -2.41. The predicted molar refractivity (Wildman–Crippen MR) is 59.9 cm³/mol. The topological polar surface area (TPSA) is 18.5 Å². The molecule has 1 aliphatic heterocycles. The van der Waals surface area contributed by atoms with Crippen LogP contribution in [0.4, 0.5) is 0 Å². The van der Waals surface area contributed by atoms with Gasteiger partial charge in [0.1, 0.15) is 5.75 Å².